The molecule has 1 aliphatic heterocycles. The van der Waals surface area contributed by atoms with Crippen LogP contribution >= 0.6 is 11.8 Å². The summed E-state index contributed by atoms with van der Waals surface area (Å²) in [5, 5.41) is 12.5. The van der Waals surface area contributed by atoms with Gasteiger partial charge in [0, 0.05) is 12.2 Å². The monoisotopic (exact) mass is 453 g/mol. The molecule has 1 aromatic heterocycles. The smallest absolute Gasteiger partial charge is 0.230 e. The average molecular weight is 454 g/mol. The van der Waals surface area contributed by atoms with Crippen LogP contribution in [-0.2, 0) is 11.3 Å². The summed E-state index contributed by atoms with van der Waals surface area (Å²) >= 11 is 1.34. The Morgan fingerprint density at radius 1 is 1.06 bits per heavy atom. The Bertz CT molecular complexity index is 1020. The first-order valence-electron chi connectivity index (χ1n) is 11.0. The van der Waals surface area contributed by atoms with Crippen molar-refractivity contribution in [2.24, 2.45) is 0 Å². The zero-order chi connectivity index (χ0) is 22.3. The molecule has 1 fully saturated rings. The lowest BCUT2D eigenvalue weighted by atomic mass is 10.1. The van der Waals surface area contributed by atoms with E-state index in [4.69, 9.17) is 0 Å². The number of hydrogen-bond acceptors (Lipinski definition) is 5. The van der Waals surface area contributed by atoms with Gasteiger partial charge in [0.05, 0.1) is 11.8 Å². The number of halogens is 1. The number of aromatic nitrogens is 3. The minimum absolute atomic E-state index is 0.0712. The number of amides is 1. The normalized spacial score (nSPS) is 15.4. The van der Waals surface area contributed by atoms with Gasteiger partial charge in [-0.25, -0.2) is 4.39 Å². The molecule has 1 unspecified atom stereocenters. The highest BCUT2D eigenvalue weighted by molar-refractivity contribution is 7.99. The molecule has 6 nitrogen and oxygen atoms in total. The number of rotatable bonds is 8. The van der Waals surface area contributed by atoms with Gasteiger partial charge in [-0.15, -0.1) is 10.2 Å². The molecule has 0 saturated carbocycles. The van der Waals surface area contributed by atoms with E-state index in [1.807, 2.05) is 34.9 Å². The quantitative estimate of drug-likeness (QED) is 0.514. The van der Waals surface area contributed by atoms with Gasteiger partial charge >= 0.3 is 0 Å². The van der Waals surface area contributed by atoms with Gasteiger partial charge in [0.2, 0.25) is 5.91 Å². The summed E-state index contributed by atoms with van der Waals surface area (Å²) < 4.78 is 15.5. The second-order valence-corrected chi connectivity index (χ2v) is 8.92. The predicted molar refractivity (Wildman–Crippen MR) is 124 cm³/mol. The van der Waals surface area contributed by atoms with Crippen LogP contribution in [0.3, 0.4) is 0 Å². The number of hydrogen-bond donors (Lipinski definition) is 1. The standard InChI is InChI=1S/C24H28FN5OS/c1-18(29-14-6-3-7-15-29)23-27-28-24(30(23)21-12-10-20(25)11-13-21)32-17-22(31)26-16-19-8-4-2-5-9-19/h2,4-5,8-13,18H,3,6-7,14-17H2,1H3,(H,26,31). The van der Waals surface area contributed by atoms with Crippen molar-refractivity contribution in [2.45, 2.75) is 43.9 Å². The van der Waals surface area contributed by atoms with Gasteiger partial charge in [-0.1, -0.05) is 48.5 Å². The average Bonchev–Trinajstić information content (AvgIpc) is 3.26. The predicted octanol–water partition coefficient (Wildman–Crippen LogP) is 4.36. The summed E-state index contributed by atoms with van der Waals surface area (Å²) in [6.07, 6.45) is 3.61. The number of nitrogens with zero attached hydrogens (tertiary/aromatic N) is 4. The van der Waals surface area contributed by atoms with Crippen molar-refractivity contribution in [3.63, 3.8) is 0 Å². The lowest BCUT2D eigenvalue weighted by molar-refractivity contribution is -0.118. The van der Waals surface area contributed by atoms with Crippen molar-refractivity contribution < 1.29 is 9.18 Å². The largest absolute Gasteiger partial charge is 0.351 e. The Morgan fingerprint density at radius 3 is 2.50 bits per heavy atom. The van der Waals surface area contributed by atoms with Crippen LogP contribution in [0, 0.1) is 5.82 Å². The molecule has 3 aromatic rings. The summed E-state index contributed by atoms with van der Waals surface area (Å²) in [6, 6.07) is 16.2. The molecule has 2 heterocycles. The zero-order valence-corrected chi connectivity index (χ0v) is 19.0. The molecule has 0 bridgehead atoms. The molecular formula is C24H28FN5OS. The van der Waals surface area contributed by atoms with Crippen molar-refractivity contribution in [3.05, 3.63) is 71.8 Å². The van der Waals surface area contributed by atoms with Crippen LogP contribution in [0.1, 0.15) is 43.6 Å². The molecule has 32 heavy (non-hydrogen) atoms. The second kappa shape index (κ2) is 10.7. The van der Waals surface area contributed by atoms with Crippen LogP contribution in [0.4, 0.5) is 4.39 Å². The first-order chi connectivity index (χ1) is 15.6. The van der Waals surface area contributed by atoms with Gasteiger partial charge in [0.15, 0.2) is 11.0 Å². The summed E-state index contributed by atoms with van der Waals surface area (Å²) in [4.78, 5) is 14.8. The van der Waals surface area contributed by atoms with Crippen molar-refractivity contribution >= 4 is 17.7 Å². The maximum absolute atomic E-state index is 13.6. The van der Waals surface area contributed by atoms with Gasteiger partial charge in [-0.2, -0.15) is 0 Å². The summed E-state index contributed by atoms with van der Waals surface area (Å²) in [6.45, 7) is 4.68. The van der Waals surface area contributed by atoms with Crippen LogP contribution in [0.5, 0.6) is 0 Å². The molecule has 0 spiro atoms. The van der Waals surface area contributed by atoms with Crippen molar-refractivity contribution in [2.75, 3.05) is 18.8 Å². The fourth-order valence-corrected chi connectivity index (χ4v) is 4.71. The van der Waals surface area contributed by atoms with E-state index >= 15 is 0 Å². The Balaban J connectivity index is 1.50. The van der Waals surface area contributed by atoms with Gasteiger partial charge in [0.25, 0.3) is 0 Å². The molecule has 1 atom stereocenters. The minimum Gasteiger partial charge on any atom is -0.351 e. The van der Waals surface area contributed by atoms with E-state index in [1.54, 1.807) is 12.1 Å². The molecule has 4 rings (SSSR count). The summed E-state index contributed by atoms with van der Waals surface area (Å²) in [5.41, 5.74) is 1.85. The van der Waals surface area contributed by atoms with E-state index in [0.717, 1.165) is 30.2 Å². The molecule has 8 heteroatoms. The second-order valence-electron chi connectivity index (χ2n) is 7.98. The van der Waals surface area contributed by atoms with E-state index in [2.05, 4.69) is 27.3 Å². The molecular weight excluding hydrogens is 425 g/mol. The molecule has 0 radical (unpaired) electrons. The number of likely N-dealkylation sites (tertiary alicyclic amines) is 1. The van der Waals surface area contributed by atoms with E-state index < -0.39 is 0 Å². The number of thioether (sulfide) groups is 1. The number of nitrogens with one attached hydrogen (secondary N) is 1. The van der Waals surface area contributed by atoms with Crippen LogP contribution in [0.25, 0.3) is 5.69 Å². The van der Waals surface area contributed by atoms with Gasteiger partial charge in [-0.3, -0.25) is 14.3 Å². The molecule has 168 valence electrons. The van der Waals surface area contributed by atoms with Gasteiger partial charge in [-0.05, 0) is 62.7 Å². The van der Waals surface area contributed by atoms with E-state index in [-0.39, 0.29) is 23.5 Å². The third kappa shape index (κ3) is 5.55. The van der Waals surface area contributed by atoms with Crippen LogP contribution < -0.4 is 5.32 Å². The van der Waals surface area contributed by atoms with Gasteiger partial charge in [0.1, 0.15) is 5.82 Å². The first-order valence-corrected chi connectivity index (χ1v) is 12.0. The van der Waals surface area contributed by atoms with E-state index in [0.29, 0.717) is 11.7 Å². The van der Waals surface area contributed by atoms with E-state index in [1.165, 1.54) is 43.2 Å². The molecule has 0 aliphatic carbocycles. The fraction of sp³-hybridized carbons (Fsp3) is 0.375. The zero-order valence-electron chi connectivity index (χ0n) is 18.2. The molecule has 1 N–H and O–H groups in total. The highest BCUT2D eigenvalue weighted by atomic mass is 32.2. The number of benzene rings is 2. The minimum atomic E-state index is -0.290. The highest BCUT2D eigenvalue weighted by Gasteiger charge is 2.25. The third-order valence-corrected chi connectivity index (χ3v) is 6.65. The Morgan fingerprint density at radius 2 is 1.78 bits per heavy atom. The molecule has 1 amide bonds. The number of carbonyl (C=O) groups excluding carboxylic acids is 1. The Hall–Kier alpha value is -2.71. The number of piperidine rings is 1. The van der Waals surface area contributed by atoms with Crippen LogP contribution in [-0.4, -0.2) is 44.4 Å². The van der Waals surface area contributed by atoms with Crippen molar-refractivity contribution in [1.82, 2.24) is 25.0 Å². The molecule has 1 aliphatic rings. The SMILES string of the molecule is CC(c1nnc(SCC(=O)NCc2ccccc2)n1-c1ccc(F)cc1)N1CCCCC1. The van der Waals surface area contributed by atoms with Gasteiger partial charge < -0.3 is 5.32 Å². The Labute approximate surface area is 192 Å². The van der Waals surface area contributed by atoms with Crippen molar-refractivity contribution in [3.8, 4) is 5.69 Å². The fourth-order valence-electron chi connectivity index (χ4n) is 3.92. The first kappa shape index (κ1) is 22.5. The molecule has 2 aromatic carbocycles. The summed E-state index contributed by atoms with van der Waals surface area (Å²) in [5.74, 6) is 0.676. The maximum atomic E-state index is 13.6. The maximum Gasteiger partial charge on any atom is 0.230 e. The topological polar surface area (TPSA) is 63.1 Å². The van der Waals surface area contributed by atoms with E-state index in [9.17, 15) is 9.18 Å². The van der Waals surface area contributed by atoms with Crippen molar-refractivity contribution in [1.29, 1.82) is 0 Å². The lowest BCUT2D eigenvalue weighted by Gasteiger charge is -2.31. The lowest BCUT2D eigenvalue weighted by Crippen LogP contribution is -2.33. The highest BCUT2D eigenvalue weighted by Crippen LogP contribution is 2.29. The third-order valence-electron chi connectivity index (χ3n) is 5.72. The van der Waals surface area contributed by atoms with Crippen LogP contribution in [0.15, 0.2) is 59.8 Å². The molecule has 1 saturated heterocycles. The Kier molecular flexibility index (Phi) is 7.55. The number of carbonyl (C=O) groups is 1. The summed E-state index contributed by atoms with van der Waals surface area (Å²) in [7, 11) is 0. The van der Waals surface area contributed by atoms with Crippen LogP contribution in [0.2, 0.25) is 0 Å².